The molecule has 1 aliphatic heterocycles. The van der Waals surface area contributed by atoms with Crippen LogP contribution in [0.5, 0.6) is 0 Å². The van der Waals surface area contributed by atoms with Crippen molar-refractivity contribution in [3.05, 3.63) is 18.1 Å². The van der Waals surface area contributed by atoms with E-state index in [9.17, 15) is 4.79 Å². The van der Waals surface area contributed by atoms with Gasteiger partial charge < -0.3 is 18.9 Å². The first kappa shape index (κ1) is 18.4. The van der Waals surface area contributed by atoms with Gasteiger partial charge in [-0.3, -0.25) is 9.78 Å². The second kappa shape index (κ2) is 7.32. The Bertz CT molecular complexity index is 756. The Morgan fingerprint density at radius 3 is 2.83 bits per heavy atom. The molecular weight excluding hydrogens is 371 g/mol. The molecule has 0 aromatic carbocycles. The minimum Gasteiger partial charge on any atom is -0.355 e. The molecule has 0 bridgehead atoms. The Morgan fingerprint density at radius 1 is 1.48 bits per heavy atom. The van der Waals surface area contributed by atoms with Crippen molar-refractivity contribution in [2.75, 3.05) is 0 Å². The largest absolute Gasteiger partial charge is 0.355 e. The molecule has 2 N–H and O–H groups in total. The molecule has 4 atom stereocenters. The van der Waals surface area contributed by atoms with Gasteiger partial charge in [-0.25, -0.2) is 0 Å². The van der Waals surface area contributed by atoms with Crippen molar-refractivity contribution in [2.24, 2.45) is 11.8 Å². The van der Waals surface area contributed by atoms with Crippen LogP contribution in [0.1, 0.15) is 33.4 Å². The van der Waals surface area contributed by atoms with Crippen molar-refractivity contribution >= 4 is 17.5 Å². The molecule has 121 valence electrons. The number of carbonyl (C=O) groups excluding carboxylic acids is 1. The minimum absolute atomic E-state index is 0. The van der Waals surface area contributed by atoms with Gasteiger partial charge in [0, 0.05) is 50.3 Å². The normalized spacial score (nSPS) is 27.1. The van der Waals surface area contributed by atoms with Crippen molar-refractivity contribution in [1.82, 2.24) is 14.1 Å². The minimum atomic E-state index is -0.141. The van der Waals surface area contributed by atoms with Crippen LogP contribution >= 0.6 is 0 Å². The molecule has 0 saturated carbocycles. The van der Waals surface area contributed by atoms with Crippen LogP contribution in [-0.2, 0) is 48.8 Å². The number of nitrogens with zero attached hydrogens (tertiary/aromatic N) is 3. The number of imidazole rings is 1. The molecule has 1 fully saturated rings. The summed E-state index contributed by atoms with van der Waals surface area (Å²) in [6, 6.07) is 0. The van der Waals surface area contributed by atoms with Crippen LogP contribution < -0.4 is 10.6 Å². The summed E-state index contributed by atoms with van der Waals surface area (Å²) < 4.78 is 9.71. The molecule has 0 spiro atoms. The average molecular weight is 392 g/mol. The van der Waals surface area contributed by atoms with Crippen LogP contribution in [0.2, 0.25) is 0 Å². The van der Waals surface area contributed by atoms with E-state index in [0.717, 1.165) is 12.7 Å². The van der Waals surface area contributed by atoms with Gasteiger partial charge in [-0.05, 0) is 12.3 Å². The van der Waals surface area contributed by atoms with Crippen molar-refractivity contribution < 1.29 is 47.2 Å². The molecule has 4 unspecified atom stereocenters. The Labute approximate surface area is 159 Å². The van der Waals surface area contributed by atoms with E-state index in [-0.39, 0.29) is 57.2 Å². The van der Waals surface area contributed by atoms with Gasteiger partial charge in [0.2, 0.25) is 0 Å². The van der Waals surface area contributed by atoms with Gasteiger partial charge in [-0.15, -0.1) is 0 Å². The maximum atomic E-state index is 11.0. The van der Waals surface area contributed by atoms with Crippen molar-refractivity contribution in [2.45, 2.75) is 46.1 Å². The number of aromatic amines is 1. The van der Waals surface area contributed by atoms with Crippen LogP contribution in [0.25, 0.3) is 11.2 Å². The molecule has 8 heteroatoms. The summed E-state index contributed by atoms with van der Waals surface area (Å²) in [5.74, 6) is 0.770. The monoisotopic (exact) mass is 392 g/mol. The van der Waals surface area contributed by atoms with E-state index in [2.05, 4.69) is 36.9 Å². The number of H-pyrrole nitrogens is 1. The predicted octanol–water partition coefficient (Wildman–Crippen LogP) is 0.708. The van der Waals surface area contributed by atoms with Gasteiger partial charge in [0.15, 0.2) is 6.29 Å². The number of rotatable bonds is 4. The molecule has 23 heavy (non-hydrogen) atoms. The summed E-state index contributed by atoms with van der Waals surface area (Å²) in [6.45, 7) is 6.59. The van der Waals surface area contributed by atoms with Crippen molar-refractivity contribution in [3.8, 4) is 0 Å². The van der Waals surface area contributed by atoms with E-state index in [4.69, 9.17) is 10.1 Å². The van der Waals surface area contributed by atoms with Crippen LogP contribution in [0.3, 0.4) is 0 Å². The molecule has 3 heterocycles. The third-order valence-corrected chi connectivity index (χ3v) is 4.71. The van der Waals surface area contributed by atoms with E-state index < -0.39 is 0 Å². The fourth-order valence-corrected chi connectivity index (χ4v) is 3.25. The number of hydrogen-bond acceptors (Lipinski definition) is 4. The van der Waals surface area contributed by atoms with Gasteiger partial charge in [0.1, 0.15) is 12.8 Å². The van der Waals surface area contributed by atoms with E-state index >= 15 is 0 Å². The average Bonchev–Trinajstić information content (AvgIpc) is 3.05. The zero-order valence-electron chi connectivity index (χ0n) is 13.6. The third-order valence-electron chi connectivity index (χ3n) is 4.71. The number of ether oxygens (including phenoxy) is 1. The molecule has 7 nitrogen and oxygen atoms in total. The second-order valence-corrected chi connectivity index (χ2v) is 5.89. The molecule has 2 aromatic heterocycles. The van der Waals surface area contributed by atoms with Gasteiger partial charge >= 0.3 is 0 Å². The smallest absolute Gasteiger partial charge is 0.280 e. The standard InChI is InChI=1S/C15H21N5O2.Y/c1-4-12-9(2)10(3)14(22-12)20-8-18-11-7-17-15(16)19(5-6-21)13(11)20;/h6,8-10,12,14,16-17H,4-5H2,1-3H3;. The number of nitrogens with one attached hydrogen (secondary N) is 2. The summed E-state index contributed by atoms with van der Waals surface area (Å²) in [6.07, 6.45) is 6.40. The zero-order valence-corrected chi connectivity index (χ0v) is 16.5. The van der Waals surface area contributed by atoms with Gasteiger partial charge in [0.25, 0.3) is 5.62 Å². The van der Waals surface area contributed by atoms with Crippen molar-refractivity contribution in [1.29, 1.82) is 5.41 Å². The Hall–Kier alpha value is -0.916. The molecular formula is C15H21N5O2Y. The van der Waals surface area contributed by atoms with Gasteiger partial charge in [0.05, 0.1) is 18.1 Å². The third kappa shape index (κ3) is 3.06. The van der Waals surface area contributed by atoms with Crippen LogP contribution in [0.15, 0.2) is 6.33 Å². The van der Waals surface area contributed by atoms with E-state index in [1.165, 1.54) is 0 Å². The Balaban J connectivity index is 0.00000192. The molecule has 1 radical (unpaired) electrons. The van der Waals surface area contributed by atoms with Gasteiger partial charge in [-0.1, -0.05) is 20.8 Å². The number of fused-ring (bicyclic) bond motifs is 1. The molecule has 2 aromatic rings. The van der Waals surface area contributed by atoms with Gasteiger partial charge in [-0.2, -0.15) is 5.41 Å². The maximum Gasteiger partial charge on any atom is 0.280 e. The number of carbonyl (C=O) groups is 1. The summed E-state index contributed by atoms with van der Waals surface area (Å²) in [7, 11) is 0. The number of hydrogen-bond donors (Lipinski definition) is 1. The number of aldehydes is 1. The fourth-order valence-electron chi connectivity index (χ4n) is 3.25. The van der Waals surface area contributed by atoms with Crippen LogP contribution in [-0.4, -0.2) is 26.5 Å². The summed E-state index contributed by atoms with van der Waals surface area (Å²) in [5.41, 5.74) is 1.41. The Morgan fingerprint density at radius 2 is 2.22 bits per heavy atom. The fraction of sp³-hybridized carbons (Fsp3) is 0.600. The first-order chi connectivity index (χ1) is 10.6. The van der Waals surface area contributed by atoms with Crippen molar-refractivity contribution in [3.63, 3.8) is 0 Å². The molecule has 3 rings (SSSR count). The van der Waals surface area contributed by atoms with Crippen LogP contribution in [0, 0.1) is 23.4 Å². The summed E-state index contributed by atoms with van der Waals surface area (Å²) in [4.78, 5) is 18.0. The van der Waals surface area contributed by atoms with Crippen LogP contribution in [0.4, 0.5) is 0 Å². The molecule has 1 aliphatic rings. The topological polar surface area (TPSA) is 87.0 Å². The van der Waals surface area contributed by atoms with E-state index in [0.29, 0.717) is 23.0 Å². The molecule has 0 aliphatic carbocycles. The first-order valence-corrected chi connectivity index (χ1v) is 7.62. The maximum absolute atomic E-state index is 11.0. The second-order valence-electron chi connectivity index (χ2n) is 5.89. The van der Waals surface area contributed by atoms with E-state index in [1.807, 2.05) is 4.57 Å². The Kier molecular flexibility index (Phi) is 5.86. The molecule has 0 amide bonds. The summed E-state index contributed by atoms with van der Waals surface area (Å²) in [5, 5.41) is 7.96. The zero-order chi connectivity index (χ0) is 15.9. The first-order valence-electron chi connectivity index (χ1n) is 7.62. The number of aromatic nitrogens is 4. The molecule has 1 saturated heterocycles. The van der Waals surface area contributed by atoms with E-state index in [1.54, 1.807) is 10.9 Å². The SMILES string of the molecule is CCC1OC(n2cnc3[c-][nH+]c(=N)n(CC=O)c32)C(C)C1C.[Y]. The predicted molar refractivity (Wildman–Crippen MR) is 77.6 cm³/mol. The quantitative estimate of drug-likeness (QED) is 0.614. The summed E-state index contributed by atoms with van der Waals surface area (Å²) >= 11 is 0.